The number of anilines is 1. The van der Waals surface area contributed by atoms with E-state index in [1.54, 1.807) is 0 Å². The van der Waals surface area contributed by atoms with Crippen LogP contribution in [0.4, 0.5) is 18.9 Å². The van der Waals surface area contributed by atoms with Crippen molar-refractivity contribution in [1.29, 1.82) is 0 Å². The summed E-state index contributed by atoms with van der Waals surface area (Å²) in [6.45, 7) is 4.01. The Hall–Kier alpha value is -1.39. The molecule has 5 heteroatoms. The van der Waals surface area contributed by atoms with Crippen LogP contribution in [0.2, 0.25) is 0 Å². The molecule has 0 radical (unpaired) electrons. The van der Waals surface area contributed by atoms with E-state index < -0.39 is 11.7 Å². The number of hydrogen-bond acceptors (Lipinski definition) is 2. The lowest BCUT2D eigenvalue weighted by Gasteiger charge is -2.17. The molecule has 1 rings (SSSR count). The van der Waals surface area contributed by atoms with Gasteiger partial charge in [-0.2, -0.15) is 13.2 Å². The maximum absolute atomic E-state index is 12.5. The molecule has 0 aliphatic carbocycles. The minimum atomic E-state index is -4.38. The Bertz CT molecular complexity index is 404. The van der Waals surface area contributed by atoms with E-state index in [1.807, 2.05) is 6.92 Å². The van der Waals surface area contributed by atoms with Gasteiger partial charge in [0.15, 0.2) is 0 Å². The zero-order valence-electron chi connectivity index (χ0n) is 11.3. The van der Waals surface area contributed by atoms with Crippen molar-refractivity contribution in [1.82, 2.24) is 0 Å². The molecule has 0 saturated carbocycles. The molecular formula is C14H20F3NO. The van der Waals surface area contributed by atoms with Crippen LogP contribution in [0.5, 0.6) is 5.75 Å². The molecule has 0 aliphatic heterocycles. The normalized spacial score (nSPS) is 13.3. The van der Waals surface area contributed by atoms with E-state index in [0.29, 0.717) is 5.75 Å². The Labute approximate surface area is 111 Å². The molecule has 0 bridgehead atoms. The standard InChI is InChI=1S/C14H20F3NO/c1-3-4-5-6-10(2)19-13-8-7-11(9-12(13)18)14(15,16)17/h7-10H,3-6,18H2,1-2H3/t10-/m0/s1. The molecule has 1 atom stereocenters. The quantitative estimate of drug-likeness (QED) is 0.606. The molecule has 0 aliphatic rings. The molecular weight excluding hydrogens is 255 g/mol. The van der Waals surface area contributed by atoms with E-state index in [9.17, 15) is 13.2 Å². The predicted molar refractivity (Wildman–Crippen MR) is 70.1 cm³/mol. The van der Waals surface area contributed by atoms with Crippen LogP contribution in [-0.2, 0) is 6.18 Å². The van der Waals surface area contributed by atoms with Gasteiger partial charge in [-0.25, -0.2) is 0 Å². The first-order valence-corrected chi connectivity index (χ1v) is 6.48. The number of nitrogen functional groups attached to an aromatic ring is 1. The number of ether oxygens (including phenoxy) is 1. The molecule has 19 heavy (non-hydrogen) atoms. The van der Waals surface area contributed by atoms with Crippen LogP contribution in [0.15, 0.2) is 18.2 Å². The SMILES string of the molecule is CCCCC[C@H](C)Oc1ccc(C(F)(F)F)cc1N. The molecule has 0 heterocycles. The summed E-state index contributed by atoms with van der Waals surface area (Å²) in [6, 6.07) is 3.19. The third-order valence-corrected chi connectivity index (χ3v) is 2.88. The lowest BCUT2D eigenvalue weighted by atomic mass is 10.1. The molecule has 1 aromatic carbocycles. The average molecular weight is 275 g/mol. The van der Waals surface area contributed by atoms with Crippen molar-refractivity contribution < 1.29 is 17.9 Å². The number of nitrogens with two attached hydrogens (primary N) is 1. The van der Waals surface area contributed by atoms with Crippen molar-refractivity contribution >= 4 is 5.69 Å². The predicted octanol–water partition coefficient (Wildman–Crippen LogP) is 4.64. The van der Waals surface area contributed by atoms with Crippen LogP contribution in [-0.4, -0.2) is 6.10 Å². The number of hydrogen-bond donors (Lipinski definition) is 1. The van der Waals surface area contributed by atoms with Crippen LogP contribution in [0.1, 0.15) is 45.1 Å². The average Bonchev–Trinajstić information content (AvgIpc) is 2.31. The van der Waals surface area contributed by atoms with Crippen molar-refractivity contribution in [2.45, 2.75) is 51.8 Å². The molecule has 0 spiro atoms. The highest BCUT2D eigenvalue weighted by Crippen LogP contribution is 2.34. The first kappa shape index (κ1) is 15.7. The summed E-state index contributed by atoms with van der Waals surface area (Å²) in [7, 11) is 0. The molecule has 0 aromatic heterocycles. The molecule has 1 aromatic rings. The Morgan fingerprint density at radius 1 is 1.26 bits per heavy atom. The van der Waals surface area contributed by atoms with Crippen LogP contribution in [0, 0.1) is 0 Å². The second kappa shape index (κ2) is 6.68. The maximum Gasteiger partial charge on any atom is 0.416 e. The summed E-state index contributed by atoms with van der Waals surface area (Å²) in [4.78, 5) is 0. The van der Waals surface area contributed by atoms with Gasteiger partial charge in [0.2, 0.25) is 0 Å². The molecule has 0 fully saturated rings. The van der Waals surface area contributed by atoms with Gasteiger partial charge in [-0.1, -0.05) is 19.8 Å². The Morgan fingerprint density at radius 2 is 1.95 bits per heavy atom. The smallest absolute Gasteiger partial charge is 0.416 e. The van der Waals surface area contributed by atoms with Crippen LogP contribution in [0.3, 0.4) is 0 Å². The van der Waals surface area contributed by atoms with Crippen molar-refractivity contribution in [3.63, 3.8) is 0 Å². The fourth-order valence-electron chi connectivity index (χ4n) is 1.79. The van der Waals surface area contributed by atoms with Gasteiger partial charge in [-0.05, 0) is 38.0 Å². The number of halogens is 3. The molecule has 108 valence electrons. The third kappa shape index (κ3) is 5.01. The van der Waals surface area contributed by atoms with E-state index in [2.05, 4.69) is 6.92 Å². The van der Waals surface area contributed by atoms with Gasteiger partial charge >= 0.3 is 6.18 Å². The minimum absolute atomic E-state index is 0.0252. The Balaban J connectivity index is 2.65. The fourth-order valence-corrected chi connectivity index (χ4v) is 1.79. The summed E-state index contributed by atoms with van der Waals surface area (Å²) in [6.07, 6.45) is -0.275. The molecule has 0 unspecified atom stereocenters. The zero-order chi connectivity index (χ0) is 14.5. The maximum atomic E-state index is 12.5. The van der Waals surface area contributed by atoms with Crippen LogP contribution < -0.4 is 10.5 Å². The summed E-state index contributed by atoms with van der Waals surface area (Å²) in [5.41, 5.74) is 4.87. The lowest BCUT2D eigenvalue weighted by Crippen LogP contribution is -2.13. The van der Waals surface area contributed by atoms with E-state index in [0.717, 1.165) is 37.8 Å². The largest absolute Gasteiger partial charge is 0.489 e. The summed E-state index contributed by atoms with van der Waals surface area (Å²) in [5, 5.41) is 0. The first-order valence-electron chi connectivity index (χ1n) is 6.48. The monoisotopic (exact) mass is 275 g/mol. The van der Waals surface area contributed by atoms with Gasteiger partial charge in [0.05, 0.1) is 17.4 Å². The van der Waals surface area contributed by atoms with Gasteiger partial charge in [0, 0.05) is 0 Å². The van der Waals surface area contributed by atoms with Gasteiger partial charge in [0.25, 0.3) is 0 Å². The van der Waals surface area contributed by atoms with E-state index >= 15 is 0 Å². The molecule has 0 saturated heterocycles. The summed E-state index contributed by atoms with van der Waals surface area (Å²) >= 11 is 0. The first-order chi connectivity index (χ1) is 8.84. The highest BCUT2D eigenvalue weighted by atomic mass is 19.4. The van der Waals surface area contributed by atoms with Crippen LogP contribution >= 0.6 is 0 Å². The topological polar surface area (TPSA) is 35.2 Å². The second-order valence-corrected chi connectivity index (χ2v) is 4.67. The number of benzene rings is 1. The van der Waals surface area contributed by atoms with Gasteiger partial charge in [0.1, 0.15) is 5.75 Å². The van der Waals surface area contributed by atoms with Crippen LogP contribution in [0.25, 0.3) is 0 Å². The van der Waals surface area contributed by atoms with E-state index in [-0.39, 0.29) is 11.8 Å². The van der Waals surface area contributed by atoms with Gasteiger partial charge in [-0.15, -0.1) is 0 Å². The molecule has 2 nitrogen and oxygen atoms in total. The fraction of sp³-hybridized carbons (Fsp3) is 0.571. The van der Waals surface area contributed by atoms with Gasteiger partial charge < -0.3 is 10.5 Å². The molecule has 2 N–H and O–H groups in total. The lowest BCUT2D eigenvalue weighted by molar-refractivity contribution is -0.137. The van der Waals surface area contributed by atoms with Crippen molar-refractivity contribution in [2.75, 3.05) is 5.73 Å². The highest BCUT2D eigenvalue weighted by molar-refractivity contribution is 5.54. The highest BCUT2D eigenvalue weighted by Gasteiger charge is 2.31. The Kier molecular flexibility index (Phi) is 5.51. The van der Waals surface area contributed by atoms with Crippen molar-refractivity contribution in [3.05, 3.63) is 23.8 Å². The zero-order valence-corrected chi connectivity index (χ0v) is 11.3. The third-order valence-electron chi connectivity index (χ3n) is 2.88. The second-order valence-electron chi connectivity index (χ2n) is 4.67. The summed E-state index contributed by atoms with van der Waals surface area (Å²) < 4.78 is 43.0. The number of alkyl halides is 3. The van der Waals surface area contributed by atoms with Gasteiger partial charge in [-0.3, -0.25) is 0 Å². The Morgan fingerprint density at radius 3 is 2.47 bits per heavy atom. The number of rotatable bonds is 6. The summed E-state index contributed by atoms with van der Waals surface area (Å²) in [5.74, 6) is 0.317. The minimum Gasteiger partial charge on any atom is -0.489 e. The van der Waals surface area contributed by atoms with E-state index in [4.69, 9.17) is 10.5 Å². The number of unbranched alkanes of at least 4 members (excludes halogenated alkanes) is 2. The molecule has 0 amide bonds. The van der Waals surface area contributed by atoms with Crippen molar-refractivity contribution in [3.8, 4) is 5.75 Å². The van der Waals surface area contributed by atoms with Crippen molar-refractivity contribution in [2.24, 2.45) is 0 Å². The van der Waals surface area contributed by atoms with E-state index in [1.165, 1.54) is 6.07 Å².